The highest BCUT2D eigenvalue weighted by Crippen LogP contribution is 2.39. The van der Waals surface area contributed by atoms with Gasteiger partial charge in [0.2, 0.25) is 3.79 Å². The zero-order valence-corrected chi connectivity index (χ0v) is 22.6. The van der Waals surface area contributed by atoms with Crippen LogP contribution in [0.25, 0.3) is 0 Å². The summed E-state index contributed by atoms with van der Waals surface area (Å²) in [6.07, 6.45) is -3.36. The van der Waals surface area contributed by atoms with Crippen molar-refractivity contribution in [2.75, 3.05) is 19.0 Å². The average Bonchev–Trinajstić information content (AvgIpc) is 2.88. The minimum absolute atomic E-state index is 0.264. The fourth-order valence-corrected chi connectivity index (χ4v) is 5.39. The van der Waals surface area contributed by atoms with Gasteiger partial charge in [-0.1, -0.05) is 102 Å². The van der Waals surface area contributed by atoms with Crippen molar-refractivity contribution in [3.05, 3.63) is 71.8 Å². The standard InChI is InChI=1S/C25H28Cl3NO6S/c1-2-36-21-20(31-13-16-9-5-3-6-10-16)19-18(14-32-23(35-19)17-11-7-4-8-12-17)34-22(21)29-24(30)33-15-25(26,27)28/h3-12,18-23H,2,13-15H2,1H3,(H,29,30)/t18?,19-,20?,21?,22-,23?/m1/s1. The number of alkyl halides is 3. The van der Waals surface area contributed by atoms with Crippen LogP contribution in [0.3, 0.4) is 0 Å². The first-order valence-electron chi connectivity index (χ1n) is 11.6. The maximum atomic E-state index is 12.5. The summed E-state index contributed by atoms with van der Waals surface area (Å²) in [4.78, 5) is 12.5. The Morgan fingerprint density at radius 2 is 1.78 bits per heavy atom. The lowest BCUT2D eigenvalue weighted by Crippen LogP contribution is -2.65. The van der Waals surface area contributed by atoms with E-state index in [9.17, 15) is 4.79 Å². The molecule has 0 aromatic heterocycles. The van der Waals surface area contributed by atoms with Gasteiger partial charge in [-0.25, -0.2) is 4.79 Å². The van der Waals surface area contributed by atoms with Crippen LogP contribution < -0.4 is 5.32 Å². The fourth-order valence-electron chi connectivity index (χ4n) is 4.11. The number of rotatable bonds is 8. The molecule has 11 heteroatoms. The third kappa shape index (κ3) is 7.65. The van der Waals surface area contributed by atoms with Crippen molar-refractivity contribution in [2.24, 2.45) is 0 Å². The molecule has 2 heterocycles. The van der Waals surface area contributed by atoms with E-state index in [2.05, 4.69) is 5.32 Å². The number of fused-ring (bicyclic) bond motifs is 1. The molecule has 7 nitrogen and oxygen atoms in total. The van der Waals surface area contributed by atoms with E-state index in [1.165, 1.54) is 0 Å². The van der Waals surface area contributed by atoms with E-state index >= 15 is 0 Å². The van der Waals surface area contributed by atoms with Crippen LogP contribution in [0, 0.1) is 0 Å². The number of carbonyl (C=O) groups is 1. The Morgan fingerprint density at radius 3 is 2.44 bits per heavy atom. The lowest BCUT2D eigenvalue weighted by molar-refractivity contribution is -0.315. The molecule has 4 unspecified atom stereocenters. The van der Waals surface area contributed by atoms with Gasteiger partial charge in [0.15, 0.2) is 6.29 Å². The summed E-state index contributed by atoms with van der Waals surface area (Å²) >= 11 is 18.7. The van der Waals surface area contributed by atoms with Crippen LogP contribution in [0.2, 0.25) is 0 Å². The molecule has 2 aliphatic rings. The number of ether oxygens (including phenoxy) is 5. The highest BCUT2D eigenvalue weighted by molar-refractivity contribution is 8.00. The molecular formula is C25H28Cl3NO6S. The Hall–Kier alpha value is -1.23. The summed E-state index contributed by atoms with van der Waals surface area (Å²) in [6, 6.07) is 19.6. The van der Waals surface area contributed by atoms with E-state index in [4.69, 9.17) is 58.5 Å². The molecule has 2 aromatic rings. The predicted molar refractivity (Wildman–Crippen MR) is 140 cm³/mol. The van der Waals surface area contributed by atoms with Crippen LogP contribution in [0.15, 0.2) is 60.7 Å². The summed E-state index contributed by atoms with van der Waals surface area (Å²) in [7, 11) is 0. The quantitative estimate of drug-likeness (QED) is 0.408. The Balaban J connectivity index is 1.54. The monoisotopic (exact) mass is 575 g/mol. The van der Waals surface area contributed by atoms with Crippen molar-refractivity contribution in [1.29, 1.82) is 0 Å². The molecule has 0 radical (unpaired) electrons. The Labute approximate surface area is 230 Å². The highest BCUT2D eigenvalue weighted by atomic mass is 35.6. The molecule has 2 aliphatic heterocycles. The number of hydrogen-bond acceptors (Lipinski definition) is 7. The zero-order valence-electron chi connectivity index (χ0n) is 19.6. The third-order valence-electron chi connectivity index (χ3n) is 5.67. The van der Waals surface area contributed by atoms with Gasteiger partial charge in [-0.05, 0) is 11.3 Å². The van der Waals surface area contributed by atoms with Gasteiger partial charge in [0.1, 0.15) is 31.1 Å². The first-order chi connectivity index (χ1) is 17.3. The van der Waals surface area contributed by atoms with E-state index in [0.717, 1.165) is 16.9 Å². The fraction of sp³-hybridized carbons (Fsp3) is 0.480. The zero-order chi connectivity index (χ0) is 25.5. The summed E-state index contributed by atoms with van der Waals surface area (Å²) in [5.74, 6) is 0.761. The molecule has 2 saturated heterocycles. The van der Waals surface area contributed by atoms with Crippen molar-refractivity contribution < 1.29 is 28.5 Å². The maximum absolute atomic E-state index is 12.5. The normalized spacial score (nSPS) is 28.2. The van der Waals surface area contributed by atoms with Crippen molar-refractivity contribution in [1.82, 2.24) is 5.32 Å². The molecule has 0 bridgehead atoms. The van der Waals surface area contributed by atoms with Gasteiger partial charge in [-0.15, -0.1) is 0 Å². The van der Waals surface area contributed by atoms with Gasteiger partial charge >= 0.3 is 6.09 Å². The predicted octanol–water partition coefficient (Wildman–Crippen LogP) is 5.63. The lowest BCUT2D eigenvalue weighted by Gasteiger charge is -2.49. The van der Waals surface area contributed by atoms with Crippen LogP contribution in [-0.4, -0.2) is 58.6 Å². The summed E-state index contributed by atoms with van der Waals surface area (Å²) in [5, 5.41) is 2.46. The van der Waals surface area contributed by atoms with E-state index < -0.39 is 47.3 Å². The number of amides is 1. The van der Waals surface area contributed by atoms with Crippen LogP contribution in [0.4, 0.5) is 4.79 Å². The van der Waals surface area contributed by atoms with E-state index in [1.807, 2.05) is 67.6 Å². The second-order valence-corrected chi connectivity index (χ2v) is 12.3. The molecule has 1 N–H and O–H groups in total. The van der Waals surface area contributed by atoms with Crippen LogP contribution in [0.1, 0.15) is 24.3 Å². The van der Waals surface area contributed by atoms with Crippen molar-refractivity contribution in [3.63, 3.8) is 0 Å². The minimum Gasteiger partial charge on any atom is -0.445 e. The number of thioether (sulfide) groups is 1. The number of nitrogens with one attached hydrogen (secondary N) is 1. The summed E-state index contributed by atoms with van der Waals surface area (Å²) < 4.78 is 28.5. The molecule has 2 fully saturated rings. The molecular weight excluding hydrogens is 549 g/mol. The number of alkyl carbamates (subject to hydrolysis) is 1. The Kier molecular flexibility index (Phi) is 10.1. The van der Waals surface area contributed by atoms with Gasteiger partial charge in [0.25, 0.3) is 0 Å². The van der Waals surface area contributed by atoms with Crippen molar-refractivity contribution in [3.8, 4) is 0 Å². The van der Waals surface area contributed by atoms with E-state index in [0.29, 0.717) is 6.61 Å². The number of carbonyl (C=O) groups excluding carboxylic acids is 1. The van der Waals surface area contributed by atoms with E-state index in [-0.39, 0.29) is 11.9 Å². The first-order valence-corrected chi connectivity index (χ1v) is 13.8. The van der Waals surface area contributed by atoms with Crippen LogP contribution in [0.5, 0.6) is 0 Å². The Morgan fingerprint density at radius 1 is 1.08 bits per heavy atom. The number of hydrogen-bond donors (Lipinski definition) is 1. The number of benzene rings is 2. The number of halogens is 3. The van der Waals surface area contributed by atoms with Gasteiger partial charge in [0, 0.05) is 5.56 Å². The highest BCUT2D eigenvalue weighted by Gasteiger charge is 2.51. The molecule has 0 spiro atoms. The SMILES string of the molecule is CCSC1C(OCc2ccccc2)[C@@H]2OC(c3ccccc3)OCC2O[C@H]1NC(=O)OCC(Cl)(Cl)Cl. The smallest absolute Gasteiger partial charge is 0.409 e. The van der Waals surface area contributed by atoms with Crippen LogP contribution in [-0.2, 0) is 30.3 Å². The molecule has 36 heavy (non-hydrogen) atoms. The molecule has 0 saturated carbocycles. The van der Waals surface area contributed by atoms with Gasteiger partial charge < -0.3 is 23.7 Å². The topological polar surface area (TPSA) is 75.3 Å². The maximum Gasteiger partial charge on any atom is 0.409 e. The van der Waals surface area contributed by atoms with Gasteiger partial charge in [-0.3, -0.25) is 5.32 Å². The molecule has 2 aromatic carbocycles. The van der Waals surface area contributed by atoms with Crippen LogP contribution >= 0.6 is 46.6 Å². The second-order valence-electron chi connectivity index (χ2n) is 8.29. The largest absolute Gasteiger partial charge is 0.445 e. The summed E-state index contributed by atoms with van der Waals surface area (Å²) in [6.45, 7) is 2.27. The Bertz CT molecular complexity index is 967. The lowest BCUT2D eigenvalue weighted by atomic mass is 9.98. The minimum atomic E-state index is -1.72. The average molecular weight is 577 g/mol. The van der Waals surface area contributed by atoms with Gasteiger partial charge in [0.05, 0.1) is 18.5 Å². The molecule has 1 amide bonds. The second kappa shape index (κ2) is 13.0. The molecule has 4 rings (SSSR count). The van der Waals surface area contributed by atoms with E-state index in [1.54, 1.807) is 11.8 Å². The molecule has 196 valence electrons. The third-order valence-corrected chi connectivity index (χ3v) is 7.23. The van der Waals surface area contributed by atoms with Crippen molar-refractivity contribution >= 4 is 52.7 Å². The molecule has 6 atom stereocenters. The van der Waals surface area contributed by atoms with Crippen molar-refractivity contribution in [2.45, 2.75) is 53.4 Å². The first kappa shape index (κ1) is 27.8. The molecule has 0 aliphatic carbocycles. The van der Waals surface area contributed by atoms with Gasteiger partial charge in [-0.2, -0.15) is 11.8 Å². The summed E-state index contributed by atoms with van der Waals surface area (Å²) in [5.41, 5.74) is 1.94.